The van der Waals surface area contributed by atoms with Gasteiger partial charge in [0.05, 0.1) is 15.2 Å². The molecule has 1 aliphatic heterocycles. The first-order valence-electron chi connectivity index (χ1n) is 8.11. The molecule has 23 heavy (non-hydrogen) atoms. The van der Waals surface area contributed by atoms with Gasteiger partial charge in [0.2, 0.25) is 0 Å². The summed E-state index contributed by atoms with van der Waals surface area (Å²) in [5.41, 5.74) is 1.91. The van der Waals surface area contributed by atoms with Gasteiger partial charge < -0.3 is 0 Å². The number of fused-ring (bicyclic) bond motifs is 1. The summed E-state index contributed by atoms with van der Waals surface area (Å²) in [6.45, 7) is 2.73. The van der Waals surface area contributed by atoms with Gasteiger partial charge in [0.1, 0.15) is 5.82 Å². The van der Waals surface area contributed by atoms with E-state index in [1.807, 2.05) is 29.5 Å². The largest absolute Gasteiger partial charge is 0.299 e. The minimum atomic E-state index is -0.0965. The third-order valence-electron chi connectivity index (χ3n) is 4.60. The summed E-state index contributed by atoms with van der Waals surface area (Å²) in [5, 5.41) is 1.26. The summed E-state index contributed by atoms with van der Waals surface area (Å²) in [5.74, 6) is 0.449. The molecule has 0 bridgehead atoms. The van der Waals surface area contributed by atoms with E-state index in [1.165, 1.54) is 9.71 Å². The van der Waals surface area contributed by atoms with Gasteiger partial charge in [-0.1, -0.05) is 30.3 Å². The molecular formula is C19H19FN2S. The molecule has 0 amide bonds. The fourth-order valence-electron chi connectivity index (χ4n) is 3.27. The van der Waals surface area contributed by atoms with Crippen LogP contribution in [0.25, 0.3) is 10.2 Å². The van der Waals surface area contributed by atoms with E-state index in [4.69, 9.17) is 4.98 Å². The van der Waals surface area contributed by atoms with Crippen molar-refractivity contribution in [3.63, 3.8) is 0 Å². The first-order valence-corrected chi connectivity index (χ1v) is 8.92. The number of benzene rings is 2. The summed E-state index contributed by atoms with van der Waals surface area (Å²) >= 11 is 1.82. The SMILES string of the molecule is Fc1ccccc1CN1CCC(c2nc3ccccc3s2)CC1. The number of aromatic nitrogens is 1. The molecule has 1 aliphatic rings. The van der Waals surface area contributed by atoms with Gasteiger partial charge in [-0.15, -0.1) is 11.3 Å². The number of rotatable bonds is 3. The third-order valence-corrected chi connectivity index (χ3v) is 5.80. The number of piperidine rings is 1. The van der Waals surface area contributed by atoms with Crippen molar-refractivity contribution in [2.24, 2.45) is 0 Å². The van der Waals surface area contributed by atoms with Crippen LogP contribution in [0, 0.1) is 5.82 Å². The Balaban J connectivity index is 1.41. The highest BCUT2D eigenvalue weighted by Crippen LogP contribution is 2.34. The molecule has 2 heterocycles. The van der Waals surface area contributed by atoms with Crippen LogP contribution in [0.1, 0.15) is 29.3 Å². The van der Waals surface area contributed by atoms with Gasteiger partial charge in [-0.05, 0) is 44.1 Å². The Morgan fingerprint density at radius 1 is 1.04 bits per heavy atom. The number of para-hydroxylation sites is 1. The third kappa shape index (κ3) is 3.14. The van der Waals surface area contributed by atoms with Crippen LogP contribution in [0.3, 0.4) is 0 Å². The lowest BCUT2D eigenvalue weighted by atomic mass is 9.97. The summed E-state index contributed by atoms with van der Waals surface area (Å²) in [6.07, 6.45) is 2.21. The highest BCUT2D eigenvalue weighted by atomic mass is 32.1. The second-order valence-electron chi connectivity index (χ2n) is 6.16. The Labute approximate surface area is 139 Å². The Morgan fingerprint density at radius 2 is 1.78 bits per heavy atom. The van der Waals surface area contributed by atoms with E-state index in [2.05, 4.69) is 23.1 Å². The van der Waals surface area contributed by atoms with E-state index >= 15 is 0 Å². The van der Waals surface area contributed by atoms with Crippen LogP contribution in [-0.2, 0) is 6.54 Å². The van der Waals surface area contributed by atoms with E-state index in [-0.39, 0.29) is 5.82 Å². The van der Waals surface area contributed by atoms with Gasteiger partial charge in [-0.2, -0.15) is 0 Å². The molecular weight excluding hydrogens is 307 g/mol. The maximum absolute atomic E-state index is 13.8. The molecule has 4 heteroatoms. The Kier molecular flexibility index (Phi) is 4.10. The van der Waals surface area contributed by atoms with Crippen molar-refractivity contribution < 1.29 is 4.39 Å². The van der Waals surface area contributed by atoms with Gasteiger partial charge in [0.15, 0.2) is 0 Å². The highest BCUT2D eigenvalue weighted by molar-refractivity contribution is 7.18. The topological polar surface area (TPSA) is 16.1 Å². The van der Waals surface area contributed by atoms with Gasteiger partial charge in [0.25, 0.3) is 0 Å². The smallest absolute Gasteiger partial charge is 0.127 e. The molecule has 2 aromatic carbocycles. The van der Waals surface area contributed by atoms with Gasteiger partial charge in [-0.3, -0.25) is 4.90 Å². The van der Waals surface area contributed by atoms with E-state index in [0.29, 0.717) is 12.5 Å². The number of hydrogen-bond donors (Lipinski definition) is 0. The van der Waals surface area contributed by atoms with Crippen LogP contribution in [0.15, 0.2) is 48.5 Å². The monoisotopic (exact) mass is 326 g/mol. The second-order valence-corrected chi connectivity index (χ2v) is 7.22. The van der Waals surface area contributed by atoms with Gasteiger partial charge in [0, 0.05) is 18.0 Å². The lowest BCUT2D eigenvalue weighted by molar-refractivity contribution is 0.202. The lowest BCUT2D eigenvalue weighted by Crippen LogP contribution is -2.32. The molecule has 4 rings (SSSR count). The first kappa shape index (κ1) is 14.8. The van der Waals surface area contributed by atoms with Crippen LogP contribution < -0.4 is 0 Å². The first-order chi connectivity index (χ1) is 11.3. The second kappa shape index (κ2) is 6.38. The van der Waals surface area contributed by atoms with Crippen LogP contribution >= 0.6 is 11.3 Å². The lowest BCUT2D eigenvalue weighted by Gasteiger charge is -2.31. The standard InChI is InChI=1S/C19H19FN2S/c20-16-6-2-1-5-15(16)13-22-11-9-14(10-12-22)19-21-17-7-3-4-8-18(17)23-19/h1-8,14H,9-13H2. The van der Waals surface area contributed by atoms with Crippen LogP contribution in [0.5, 0.6) is 0 Å². The zero-order valence-corrected chi connectivity index (χ0v) is 13.7. The molecule has 0 radical (unpaired) electrons. The Hall–Kier alpha value is -1.78. The van der Waals surface area contributed by atoms with Crippen LogP contribution in [-0.4, -0.2) is 23.0 Å². The Morgan fingerprint density at radius 3 is 2.57 bits per heavy atom. The molecule has 1 aromatic heterocycles. The Bertz CT molecular complexity index is 773. The normalized spacial score (nSPS) is 16.9. The van der Waals surface area contributed by atoms with Crippen molar-refractivity contribution in [1.82, 2.24) is 9.88 Å². The molecule has 0 aliphatic carbocycles. The van der Waals surface area contributed by atoms with E-state index in [0.717, 1.165) is 37.0 Å². The molecule has 2 nitrogen and oxygen atoms in total. The van der Waals surface area contributed by atoms with Crippen molar-refractivity contribution in [3.05, 3.63) is 64.9 Å². The maximum atomic E-state index is 13.8. The average molecular weight is 326 g/mol. The van der Waals surface area contributed by atoms with Crippen molar-refractivity contribution in [1.29, 1.82) is 0 Å². The number of thiazole rings is 1. The van der Waals surface area contributed by atoms with E-state index < -0.39 is 0 Å². The van der Waals surface area contributed by atoms with Crippen molar-refractivity contribution in [2.45, 2.75) is 25.3 Å². The van der Waals surface area contributed by atoms with Gasteiger partial charge in [-0.25, -0.2) is 9.37 Å². The molecule has 0 N–H and O–H groups in total. The zero-order chi connectivity index (χ0) is 15.6. The van der Waals surface area contributed by atoms with Crippen LogP contribution in [0.4, 0.5) is 4.39 Å². The number of halogens is 1. The summed E-state index contributed by atoms with van der Waals surface area (Å²) in [7, 11) is 0. The zero-order valence-electron chi connectivity index (χ0n) is 12.9. The summed E-state index contributed by atoms with van der Waals surface area (Å²) < 4.78 is 15.0. The fraction of sp³-hybridized carbons (Fsp3) is 0.316. The quantitative estimate of drug-likeness (QED) is 0.686. The van der Waals surface area contributed by atoms with E-state index in [1.54, 1.807) is 12.1 Å². The molecule has 0 unspecified atom stereocenters. The van der Waals surface area contributed by atoms with Crippen molar-refractivity contribution in [3.8, 4) is 0 Å². The molecule has 1 saturated heterocycles. The predicted molar refractivity (Wildman–Crippen MR) is 93.3 cm³/mol. The predicted octanol–water partition coefficient (Wildman–Crippen LogP) is 4.82. The van der Waals surface area contributed by atoms with E-state index in [9.17, 15) is 4.39 Å². The molecule has 118 valence electrons. The van der Waals surface area contributed by atoms with Crippen molar-refractivity contribution >= 4 is 21.6 Å². The molecule has 0 spiro atoms. The van der Waals surface area contributed by atoms with Crippen molar-refractivity contribution in [2.75, 3.05) is 13.1 Å². The molecule has 0 saturated carbocycles. The summed E-state index contributed by atoms with van der Waals surface area (Å²) in [4.78, 5) is 7.15. The molecule has 0 atom stereocenters. The average Bonchev–Trinajstić information content (AvgIpc) is 3.02. The molecule has 1 fully saturated rings. The minimum absolute atomic E-state index is 0.0965. The number of nitrogens with zero attached hydrogens (tertiary/aromatic N) is 2. The maximum Gasteiger partial charge on any atom is 0.127 e. The minimum Gasteiger partial charge on any atom is -0.299 e. The fourth-order valence-corrected chi connectivity index (χ4v) is 4.41. The highest BCUT2D eigenvalue weighted by Gasteiger charge is 2.23. The van der Waals surface area contributed by atoms with Crippen LogP contribution in [0.2, 0.25) is 0 Å². The van der Waals surface area contributed by atoms with Gasteiger partial charge >= 0.3 is 0 Å². The number of likely N-dealkylation sites (tertiary alicyclic amines) is 1. The number of hydrogen-bond acceptors (Lipinski definition) is 3. The molecule has 3 aromatic rings. The summed E-state index contributed by atoms with van der Waals surface area (Å²) in [6, 6.07) is 15.4.